The van der Waals surface area contributed by atoms with E-state index >= 15 is 0 Å². The van der Waals surface area contributed by atoms with Crippen LogP contribution in [-0.2, 0) is 9.47 Å². The summed E-state index contributed by atoms with van der Waals surface area (Å²) < 4.78 is 38.6. The molecule has 0 amide bonds. The summed E-state index contributed by atoms with van der Waals surface area (Å²) in [6, 6.07) is 2.27. The minimum Gasteiger partial charge on any atom is -0.376 e. The molecule has 0 spiro atoms. The van der Waals surface area contributed by atoms with Gasteiger partial charge < -0.3 is 14.8 Å². The molecule has 1 aromatic rings. The van der Waals surface area contributed by atoms with Crippen molar-refractivity contribution in [2.24, 2.45) is 0 Å². The Labute approximate surface area is 118 Å². The molecule has 0 bridgehead atoms. The van der Waals surface area contributed by atoms with Gasteiger partial charge in [-0.25, -0.2) is 8.78 Å². The summed E-state index contributed by atoms with van der Waals surface area (Å²) >= 11 is 0. The predicted molar refractivity (Wildman–Crippen MR) is 72.7 cm³/mol. The van der Waals surface area contributed by atoms with Gasteiger partial charge in [-0.05, 0) is 18.6 Å². The fourth-order valence-electron chi connectivity index (χ4n) is 2.37. The summed E-state index contributed by atoms with van der Waals surface area (Å²) in [5.41, 5.74) is 0.849. The van der Waals surface area contributed by atoms with Crippen molar-refractivity contribution in [2.75, 3.05) is 19.8 Å². The molecule has 1 heterocycles. The molecule has 0 aliphatic carbocycles. The van der Waals surface area contributed by atoms with Crippen molar-refractivity contribution >= 4 is 0 Å². The number of halogens is 2. The molecule has 1 N–H and O–H groups in total. The molecule has 0 saturated carbocycles. The van der Waals surface area contributed by atoms with E-state index in [1.807, 2.05) is 13.8 Å². The number of rotatable bonds is 4. The highest BCUT2D eigenvalue weighted by Crippen LogP contribution is 2.26. The van der Waals surface area contributed by atoms with Gasteiger partial charge in [0.05, 0.1) is 25.9 Å². The summed E-state index contributed by atoms with van der Waals surface area (Å²) in [6.45, 7) is 7.03. The standard InChI is InChI=1S/C15H21F2NO2/c1-9(2)18-15(14-8-19-4-5-20-14)11-6-10(3)12(16)7-13(11)17/h6-7,9,14-15,18H,4-5,8H2,1-3H3. The zero-order valence-corrected chi connectivity index (χ0v) is 12.1. The van der Waals surface area contributed by atoms with Gasteiger partial charge in [0.15, 0.2) is 0 Å². The third-order valence-electron chi connectivity index (χ3n) is 3.34. The minimum absolute atomic E-state index is 0.148. The van der Waals surface area contributed by atoms with Crippen LogP contribution in [0.2, 0.25) is 0 Å². The summed E-state index contributed by atoms with van der Waals surface area (Å²) in [5.74, 6) is -1.09. The summed E-state index contributed by atoms with van der Waals surface area (Å²) in [5, 5.41) is 3.29. The van der Waals surface area contributed by atoms with Gasteiger partial charge in [0.25, 0.3) is 0 Å². The molecule has 5 heteroatoms. The topological polar surface area (TPSA) is 30.5 Å². The van der Waals surface area contributed by atoms with Gasteiger partial charge in [0, 0.05) is 17.7 Å². The van der Waals surface area contributed by atoms with Crippen LogP contribution in [-0.4, -0.2) is 32.0 Å². The Balaban J connectivity index is 2.32. The Bertz CT molecular complexity index is 459. The molecule has 112 valence electrons. The maximum atomic E-state index is 14.1. The highest BCUT2D eigenvalue weighted by atomic mass is 19.1. The maximum absolute atomic E-state index is 14.1. The molecule has 0 aromatic heterocycles. The van der Waals surface area contributed by atoms with E-state index in [9.17, 15) is 8.78 Å². The van der Waals surface area contributed by atoms with Gasteiger partial charge in [-0.2, -0.15) is 0 Å². The molecule has 2 atom stereocenters. The third-order valence-corrected chi connectivity index (χ3v) is 3.34. The van der Waals surface area contributed by atoms with Crippen LogP contribution in [0.3, 0.4) is 0 Å². The quantitative estimate of drug-likeness (QED) is 0.922. The SMILES string of the molecule is Cc1cc(C(NC(C)C)C2COCCO2)c(F)cc1F. The van der Waals surface area contributed by atoms with Gasteiger partial charge >= 0.3 is 0 Å². The lowest BCUT2D eigenvalue weighted by Gasteiger charge is -2.33. The van der Waals surface area contributed by atoms with Gasteiger partial charge in [0.1, 0.15) is 17.7 Å². The molecule has 1 aromatic carbocycles. The van der Waals surface area contributed by atoms with Crippen LogP contribution in [0.15, 0.2) is 12.1 Å². The molecular weight excluding hydrogens is 264 g/mol. The lowest BCUT2D eigenvalue weighted by atomic mass is 9.97. The second-order valence-corrected chi connectivity index (χ2v) is 5.41. The molecule has 2 unspecified atom stereocenters. The number of benzene rings is 1. The summed E-state index contributed by atoms with van der Waals surface area (Å²) in [6.07, 6.45) is -0.273. The van der Waals surface area contributed by atoms with Crippen molar-refractivity contribution in [1.82, 2.24) is 5.32 Å². The Morgan fingerprint density at radius 3 is 2.55 bits per heavy atom. The number of nitrogens with one attached hydrogen (secondary N) is 1. The van der Waals surface area contributed by atoms with Gasteiger partial charge in [-0.3, -0.25) is 0 Å². The van der Waals surface area contributed by atoms with Crippen LogP contribution in [0.25, 0.3) is 0 Å². The second-order valence-electron chi connectivity index (χ2n) is 5.41. The zero-order valence-electron chi connectivity index (χ0n) is 12.1. The van der Waals surface area contributed by atoms with E-state index in [4.69, 9.17) is 9.47 Å². The number of hydrogen-bond acceptors (Lipinski definition) is 3. The van der Waals surface area contributed by atoms with Crippen molar-refractivity contribution in [1.29, 1.82) is 0 Å². The summed E-state index contributed by atoms with van der Waals surface area (Å²) in [4.78, 5) is 0. The monoisotopic (exact) mass is 285 g/mol. The van der Waals surface area contributed by atoms with E-state index in [1.54, 1.807) is 13.0 Å². The first kappa shape index (κ1) is 15.4. The largest absolute Gasteiger partial charge is 0.376 e. The van der Waals surface area contributed by atoms with Crippen LogP contribution < -0.4 is 5.32 Å². The Morgan fingerprint density at radius 2 is 1.95 bits per heavy atom. The molecule has 1 aliphatic rings. The Kier molecular flexibility index (Phi) is 5.07. The highest BCUT2D eigenvalue weighted by Gasteiger charge is 2.29. The predicted octanol–water partition coefficient (Wildman–Crippen LogP) is 2.73. The molecule has 1 aliphatic heterocycles. The normalized spacial score (nSPS) is 21.2. The van der Waals surface area contributed by atoms with E-state index in [0.717, 1.165) is 6.07 Å². The van der Waals surface area contributed by atoms with Crippen molar-refractivity contribution in [3.8, 4) is 0 Å². The lowest BCUT2D eigenvalue weighted by Crippen LogP contribution is -2.43. The maximum Gasteiger partial charge on any atom is 0.131 e. The van der Waals surface area contributed by atoms with Crippen molar-refractivity contribution in [3.05, 3.63) is 34.9 Å². The average Bonchev–Trinajstić information content (AvgIpc) is 2.41. The van der Waals surface area contributed by atoms with Gasteiger partial charge in [0.2, 0.25) is 0 Å². The van der Waals surface area contributed by atoms with Crippen molar-refractivity contribution < 1.29 is 18.3 Å². The highest BCUT2D eigenvalue weighted by molar-refractivity contribution is 5.29. The lowest BCUT2D eigenvalue weighted by molar-refractivity contribution is -0.103. The van der Waals surface area contributed by atoms with E-state index in [-0.39, 0.29) is 18.2 Å². The van der Waals surface area contributed by atoms with Crippen LogP contribution in [0, 0.1) is 18.6 Å². The molecule has 1 saturated heterocycles. The molecule has 2 rings (SSSR count). The number of hydrogen-bond donors (Lipinski definition) is 1. The first-order valence-electron chi connectivity index (χ1n) is 6.90. The fourth-order valence-corrected chi connectivity index (χ4v) is 2.37. The fraction of sp³-hybridized carbons (Fsp3) is 0.600. The van der Waals surface area contributed by atoms with E-state index < -0.39 is 11.6 Å². The average molecular weight is 285 g/mol. The van der Waals surface area contributed by atoms with Crippen molar-refractivity contribution in [2.45, 2.75) is 39.0 Å². The van der Waals surface area contributed by atoms with Crippen LogP contribution in [0.4, 0.5) is 8.78 Å². The molecule has 0 radical (unpaired) electrons. The summed E-state index contributed by atoms with van der Waals surface area (Å²) in [7, 11) is 0. The van der Waals surface area contributed by atoms with Crippen LogP contribution in [0.1, 0.15) is 31.0 Å². The van der Waals surface area contributed by atoms with Gasteiger partial charge in [-0.15, -0.1) is 0 Å². The molecule has 3 nitrogen and oxygen atoms in total. The number of ether oxygens (including phenoxy) is 2. The number of aryl methyl sites for hydroxylation is 1. The van der Waals surface area contributed by atoms with Gasteiger partial charge in [-0.1, -0.05) is 13.8 Å². The first-order chi connectivity index (χ1) is 9.49. The Morgan fingerprint density at radius 1 is 1.20 bits per heavy atom. The molecular formula is C15H21F2NO2. The first-order valence-corrected chi connectivity index (χ1v) is 6.90. The van der Waals surface area contributed by atoms with E-state index in [2.05, 4.69) is 5.32 Å². The van der Waals surface area contributed by atoms with E-state index in [1.165, 1.54) is 0 Å². The molecule has 1 fully saturated rings. The second kappa shape index (κ2) is 6.61. The zero-order chi connectivity index (χ0) is 14.7. The van der Waals surface area contributed by atoms with Crippen LogP contribution >= 0.6 is 0 Å². The van der Waals surface area contributed by atoms with Crippen molar-refractivity contribution in [3.63, 3.8) is 0 Å². The molecule has 20 heavy (non-hydrogen) atoms. The van der Waals surface area contributed by atoms with E-state index in [0.29, 0.717) is 30.9 Å². The third kappa shape index (κ3) is 3.53. The smallest absolute Gasteiger partial charge is 0.131 e. The van der Waals surface area contributed by atoms with Crippen LogP contribution in [0.5, 0.6) is 0 Å². The Hall–Kier alpha value is -1.04. The minimum atomic E-state index is -0.555.